The largest absolute Gasteiger partial charge is 0.466 e. The van der Waals surface area contributed by atoms with E-state index in [4.69, 9.17) is 9.47 Å². The van der Waals surface area contributed by atoms with Gasteiger partial charge in [0.25, 0.3) is 0 Å². The molecule has 100 valence electrons. The molecule has 4 heteroatoms. The van der Waals surface area contributed by atoms with Crippen LogP contribution in [0.25, 0.3) is 0 Å². The molecule has 17 heavy (non-hydrogen) atoms. The molecule has 1 rings (SSSR count). The van der Waals surface area contributed by atoms with E-state index < -0.39 is 0 Å². The molecule has 0 aromatic rings. The molecule has 0 aromatic carbocycles. The van der Waals surface area contributed by atoms with Gasteiger partial charge in [-0.15, -0.1) is 0 Å². The predicted octanol–water partition coefficient (Wildman–Crippen LogP) is 1.73. The summed E-state index contributed by atoms with van der Waals surface area (Å²) in [6.07, 6.45) is 3.99. The normalized spacial score (nSPS) is 26.5. The van der Waals surface area contributed by atoms with Crippen molar-refractivity contribution in [2.45, 2.75) is 51.6 Å². The quantitative estimate of drug-likeness (QED) is 0.722. The predicted molar refractivity (Wildman–Crippen MR) is 66.9 cm³/mol. The highest BCUT2D eigenvalue weighted by Gasteiger charge is 2.27. The molecule has 1 saturated carbocycles. The number of methoxy groups -OCH3 is 1. The molecule has 1 aliphatic carbocycles. The summed E-state index contributed by atoms with van der Waals surface area (Å²) in [5.74, 6) is 0.0987. The lowest BCUT2D eigenvalue weighted by Crippen LogP contribution is -2.42. The molecule has 1 N–H and O–H groups in total. The third kappa shape index (κ3) is 5.04. The van der Waals surface area contributed by atoms with E-state index >= 15 is 0 Å². The average molecular weight is 243 g/mol. The van der Waals surface area contributed by atoms with E-state index in [9.17, 15) is 4.79 Å². The van der Waals surface area contributed by atoms with Crippen molar-refractivity contribution < 1.29 is 14.3 Å². The third-order valence-electron chi connectivity index (χ3n) is 3.28. The van der Waals surface area contributed by atoms with E-state index in [0.29, 0.717) is 18.7 Å². The van der Waals surface area contributed by atoms with Crippen LogP contribution in [0.1, 0.15) is 39.5 Å². The Morgan fingerprint density at radius 3 is 2.53 bits per heavy atom. The van der Waals surface area contributed by atoms with Crippen molar-refractivity contribution in [2.75, 3.05) is 20.3 Å². The second kappa shape index (κ2) is 7.67. The van der Waals surface area contributed by atoms with E-state index in [0.717, 1.165) is 32.3 Å². The van der Waals surface area contributed by atoms with E-state index in [1.165, 1.54) is 0 Å². The monoisotopic (exact) mass is 243 g/mol. The standard InChI is InChI=1S/C13H25NO3/c1-4-17-13(15)11-5-7-12(8-6-11)14-10(2)9-16-3/h10-12,14H,4-9H2,1-3H3. The summed E-state index contributed by atoms with van der Waals surface area (Å²) in [5.41, 5.74) is 0. The van der Waals surface area contributed by atoms with Crippen LogP contribution in [0.15, 0.2) is 0 Å². The van der Waals surface area contributed by atoms with E-state index in [2.05, 4.69) is 12.2 Å². The first-order chi connectivity index (χ1) is 8.17. The Balaban J connectivity index is 2.23. The molecule has 0 saturated heterocycles. The van der Waals surface area contributed by atoms with E-state index in [1.54, 1.807) is 7.11 Å². The molecule has 1 atom stereocenters. The number of nitrogens with one attached hydrogen (secondary N) is 1. The Hall–Kier alpha value is -0.610. The Kier molecular flexibility index (Phi) is 6.52. The van der Waals surface area contributed by atoms with Gasteiger partial charge in [-0.05, 0) is 39.5 Å². The van der Waals surface area contributed by atoms with Crippen molar-refractivity contribution >= 4 is 5.97 Å². The Morgan fingerprint density at radius 1 is 1.35 bits per heavy atom. The highest BCUT2D eigenvalue weighted by Crippen LogP contribution is 2.25. The Labute approximate surface area is 104 Å². The number of esters is 1. The lowest BCUT2D eigenvalue weighted by atomic mass is 9.86. The zero-order chi connectivity index (χ0) is 12.7. The van der Waals surface area contributed by atoms with Crippen LogP contribution in [0.4, 0.5) is 0 Å². The van der Waals surface area contributed by atoms with E-state index in [-0.39, 0.29) is 11.9 Å². The summed E-state index contributed by atoms with van der Waals surface area (Å²) >= 11 is 0. The Morgan fingerprint density at radius 2 is 2.00 bits per heavy atom. The van der Waals surface area contributed by atoms with Gasteiger partial charge in [-0.25, -0.2) is 0 Å². The second-order valence-electron chi connectivity index (χ2n) is 4.82. The van der Waals surface area contributed by atoms with Crippen LogP contribution in [0.5, 0.6) is 0 Å². The van der Waals surface area contributed by atoms with E-state index in [1.807, 2.05) is 6.92 Å². The minimum atomic E-state index is -0.0177. The second-order valence-corrected chi connectivity index (χ2v) is 4.82. The van der Waals surface area contributed by atoms with Gasteiger partial charge in [0, 0.05) is 19.2 Å². The molecule has 1 fully saturated rings. The number of hydrogen-bond acceptors (Lipinski definition) is 4. The number of carbonyl (C=O) groups is 1. The van der Waals surface area contributed by atoms with Crippen molar-refractivity contribution in [1.29, 1.82) is 0 Å². The number of rotatable bonds is 6. The highest BCUT2D eigenvalue weighted by atomic mass is 16.5. The SMILES string of the molecule is CCOC(=O)C1CCC(NC(C)COC)CC1. The first-order valence-corrected chi connectivity index (χ1v) is 6.59. The summed E-state index contributed by atoms with van der Waals surface area (Å²) in [6.45, 7) is 5.21. The molecule has 1 aliphatic rings. The minimum Gasteiger partial charge on any atom is -0.466 e. The molecule has 4 nitrogen and oxygen atoms in total. The molecule has 1 unspecified atom stereocenters. The summed E-state index contributed by atoms with van der Waals surface area (Å²) in [6, 6.07) is 0.898. The average Bonchev–Trinajstić information content (AvgIpc) is 2.30. The van der Waals surface area contributed by atoms with Crippen LogP contribution in [-0.2, 0) is 14.3 Å². The molecule has 0 bridgehead atoms. The van der Waals surface area contributed by atoms with Crippen molar-refractivity contribution in [2.24, 2.45) is 5.92 Å². The third-order valence-corrected chi connectivity index (χ3v) is 3.28. The van der Waals surface area contributed by atoms with Crippen molar-refractivity contribution in [1.82, 2.24) is 5.32 Å². The maximum Gasteiger partial charge on any atom is 0.308 e. The first-order valence-electron chi connectivity index (χ1n) is 6.59. The van der Waals surface area contributed by atoms with Gasteiger partial charge >= 0.3 is 5.97 Å². The summed E-state index contributed by atoms with van der Waals surface area (Å²) in [7, 11) is 1.72. The summed E-state index contributed by atoms with van der Waals surface area (Å²) < 4.78 is 10.2. The van der Waals surface area contributed by atoms with Gasteiger partial charge in [-0.2, -0.15) is 0 Å². The molecule has 0 amide bonds. The topological polar surface area (TPSA) is 47.6 Å². The lowest BCUT2D eigenvalue weighted by Gasteiger charge is -2.30. The summed E-state index contributed by atoms with van der Waals surface area (Å²) in [5, 5.41) is 3.53. The Bertz CT molecular complexity index is 225. The van der Waals surface area contributed by atoms with Crippen LogP contribution in [0.2, 0.25) is 0 Å². The van der Waals surface area contributed by atoms with Gasteiger partial charge in [0.1, 0.15) is 0 Å². The van der Waals surface area contributed by atoms with Gasteiger partial charge < -0.3 is 14.8 Å². The number of hydrogen-bond donors (Lipinski definition) is 1. The maximum atomic E-state index is 11.6. The lowest BCUT2D eigenvalue weighted by molar-refractivity contribution is -0.149. The van der Waals surface area contributed by atoms with Crippen molar-refractivity contribution in [3.8, 4) is 0 Å². The number of ether oxygens (including phenoxy) is 2. The summed E-state index contributed by atoms with van der Waals surface area (Å²) in [4.78, 5) is 11.6. The molecule has 0 spiro atoms. The van der Waals surface area contributed by atoms with Crippen LogP contribution < -0.4 is 5.32 Å². The fourth-order valence-corrected chi connectivity index (χ4v) is 2.46. The fourth-order valence-electron chi connectivity index (χ4n) is 2.46. The minimum absolute atomic E-state index is 0.0177. The van der Waals surface area contributed by atoms with Crippen LogP contribution in [0, 0.1) is 5.92 Å². The maximum absolute atomic E-state index is 11.6. The zero-order valence-electron chi connectivity index (χ0n) is 11.2. The van der Waals surface area contributed by atoms with Gasteiger partial charge in [0.15, 0.2) is 0 Å². The zero-order valence-corrected chi connectivity index (χ0v) is 11.2. The van der Waals surface area contributed by atoms with Crippen molar-refractivity contribution in [3.63, 3.8) is 0 Å². The van der Waals surface area contributed by atoms with Crippen LogP contribution in [-0.4, -0.2) is 38.4 Å². The number of carbonyl (C=O) groups excluding carboxylic acids is 1. The molecular formula is C13H25NO3. The first kappa shape index (κ1) is 14.5. The fraction of sp³-hybridized carbons (Fsp3) is 0.923. The van der Waals surface area contributed by atoms with Crippen molar-refractivity contribution in [3.05, 3.63) is 0 Å². The van der Waals surface area contributed by atoms with Gasteiger partial charge in [-0.3, -0.25) is 4.79 Å². The molecule has 0 radical (unpaired) electrons. The molecular weight excluding hydrogens is 218 g/mol. The highest BCUT2D eigenvalue weighted by molar-refractivity contribution is 5.72. The smallest absolute Gasteiger partial charge is 0.308 e. The molecule has 0 aromatic heterocycles. The molecule has 0 aliphatic heterocycles. The van der Waals surface area contributed by atoms with Crippen LogP contribution in [0.3, 0.4) is 0 Å². The van der Waals surface area contributed by atoms with Crippen LogP contribution >= 0.6 is 0 Å². The van der Waals surface area contributed by atoms with Gasteiger partial charge in [-0.1, -0.05) is 0 Å². The molecule has 0 heterocycles. The van der Waals surface area contributed by atoms with Gasteiger partial charge in [0.05, 0.1) is 19.1 Å². The van der Waals surface area contributed by atoms with Gasteiger partial charge in [0.2, 0.25) is 0 Å².